The van der Waals surface area contributed by atoms with Crippen LogP contribution in [0.15, 0.2) is 29.3 Å². The minimum absolute atomic E-state index is 0. The number of nitrogens with zero attached hydrogens (tertiary/aromatic N) is 2. The van der Waals surface area contributed by atoms with Crippen LogP contribution in [-0.4, -0.2) is 56.6 Å². The highest BCUT2D eigenvalue weighted by atomic mass is 127. The Bertz CT molecular complexity index is 755. The van der Waals surface area contributed by atoms with Gasteiger partial charge in [0.1, 0.15) is 0 Å². The van der Waals surface area contributed by atoms with E-state index < -0.39 is 14.8 Å². The molecule has 1 heterocycles. The molecule has 1 aromatic carbocycles. The molecular formula is C17H27IN4O5S. The molecule has 11 heteroatoms. The topological polar surface area (TPSA) is 123 Å². The highest BCUT2D eigenvalue weighted by Gasteiger charge is 2.28. The fourth-order valence-corrected chi connectivity index (χ4v) is 4.35. The maximum Gasteiger partial charge on any atom is 0.269 e. The Morgan fingerprint density at radius 2 is 2.07 bits per heavy atom. The maximum atomic E-state index is 11.6. The van der Waals surface area contributed by atoms with Crippen LogP contribution in [0.25, 0.3) is 0 Å². The zero-order valence-corrected chi connectivity index (χ0v) is 18.9. The van der Waals surface area contributed by atoms with Gasteiger partial charge in [0.15, 0.2) is 15.8 Å². The second-order valence-corrected chi connectivity index (χ2v) is 8.54. The summed E-state index contributed by atoms with van der Waals surface area (Å²) in [6.45, 7) is 4.21. The Hall–Kier alpha value is -1.47. The molecule has 158 valence electrons. The molecule has 1 saturated heterocycles. The molecule has 1 aromatic rings. The van der Waals surface area contributed by atoms with Crippen molar-refractivity contribution in [2.75, 3.05) is 31.3 Å². The predicted molar refractivity (Wildman–Crippen MR) is 119 cm³/mol. The Balaban J connectivity index is 0.00000392. The highest BCUT2D eigenvalue weighted by molar-refractivity contribution is 14.0. The number of nitrogens with one attached hydrogen (secondary N) is 2. The molecule has 9 nitrogen and oxygen atoms in total. The molecule has 0 spiro atoms. The van der Waals surface area contributed by atoms with E-state index >= 15 is 0 Å². The van der Waals surface area contributed by atoms with Crippen LogP contribution >= 0.6 is 24.0 Å². The van der Waals surface area contributed by atoms with Crippen molar-refractivity contribution in [3.63, 3.8) is 0 Å². The number of rotatable bonds is 9. The third kappa shape index (κ3) is 8.69. The van der Waals surface area contributed by atoms with Gasteiger partial charge in [-0.05, 0) is 25.3 Å². The average Bonchev–Trinajstić information content (AvgIpc) is 2.98. The zero-order valence-electron chi connectivity index (χ0n) is 15.8. The van der Waals surface area contributed by atoms with Gasteiger partial charge in [0.05, 0.1) is 23.0 Å². The third-order valence-corrected chi connectivity index (χ3v) is 5.87. The van der Waals surface area contributed by atoms with E-state index in [0.717, 1.165) is 12.0 Å². The van der Waals surface area contributed by atoms with Gasteiger partial charge in [0.25, 0.3) is 5.69 Å². The molecule has 1 atom stereocenters. The van der Waals surface area contributed by atoms with Crippen LogP contribution in [0, 0.1) is 10.1 Å². The lowest BCUT2D eigenvalue weighted by atomic mass is 10.2. The molecule has 1 unspecified atom stereocenters. The van der Waals surface area contributed by atoms with E-state index in [1.54, 1.807) is 12.1 Å². The number of guanidine groups is 1. The molecule has 0 amide bonds. The maximum absolute atomic E-state index is 11.6. The Morgan fingerprint density at radius 1 is 1.36 bits per heavy atom. The van der Waals surface area contributed by atoms with Crippen LogP contribution in [0.2, 0.25) is 0 Å². The molecule has 0 aliphatic carbocycles. The number of hydrogen-bond donors (Lipinski definition) is 2. The molecule has 2 N–H and O–H groups in total. The van der Waals surface area contributed by atoms with E-state index in [0.29, 0.717) is 38.7 Å². The minimum atomic E-state index is -2.98. The van der Waals surface area contributed by atoms with E-state index in [1.807, 2.05) is 6.92 Å². The van der Waals surface area contributed by atoms with Gasteiger partial charge in [-0.15, -0.1) is 24.0 Å². The van der Waals surface area contributed by atoms with E-state index in [-0.39, 0.29) is 47.2 Å². The van der Waals surface area contributed by atoms with Crippen molar-refractivity contribution in [1.29, 1.82) is 0 Å². The van der Waals surface area contributed by atoms with Crippen LogP contribution in [0.4, 0.5) is 5.69 Å². The lowest BCUT2D eigenvalue weighted by Gasteiger charge is -2.16. The summed E-state index contributed by atoms with van der Waals surface area (Å²) in [5.41, 5.74) is 0.862. The highest BCUT2D eigenvalue weighted by Crippen LogP contribution is 2.13. The van der Waals surface area contributed by atoms with Crippen LogP contribution in [-0.2, 0) is 21.1 Å². The van der Waals surface area contributed by atoms with Gasteiger partial charge < -0.3 is 15.4 Å². The van der Waals surface area contributed by atoms with Crippen LogP contribution in [0.1, 0.15) is 25.3 Å². The van der Waals surface area contributed by atoms with Crippen molar-refractivity contribution in [3.05, 3.63) is 39.9 Å². The summed E-state index contributed by atoms with van der Waals surface area (Å²) in [6, 6.07) is 6.04. The summed E-state index contributed by atoms with van der Waals surface area (Å²) in [7, 11) is -2.98. The third-order valence-electron chi connectivity index (χ3n) is 4.10. The van der Waals surface area contributed by atoms with Gasteiger partial charge in [-0.3, -0.25) is 10.1 Å². The SMILES string of the molecule is CCOCCCNC(=NCc1ccc([N+](=O)[O-])cc1)NC1CCS(=O)(=O)C1.I. The smallest absolute Gasteiger partial charge is 0.269 e. The van der Waals surface area contributed by atoms with Crippen LogP contribution in [0.3, 0.4) is 0 Å². The number of halogens is 1. The van der Waals surface area contributed by atoms with Gasteiger partial charge in [0, 0.05) is 37.9 Å². The minimum Gasteiger partial charge on any atom is -0.382 e. The first-order valence-electron chi connectivity index (χ1n) is 8.96. The monoisotopic (exact) mass is 526 g/mol. The van der Waals surface area contributed by atoms with Crippen molar-refractivity contribution in [2.45, 2.75) is 32.4 Å². The first-order chi connectivity index (χ1) is 12.9. The van der Waals surface area contributed by atoms with Gasteiger partial charge in [-0.2, -0.15) is 0 Å². The number of hydrogen-bond acceptors (Lipinski definition) is 6. The van der Waals surface area contributed by atoms with Crippen molar-refractivity contribution >= 4 is 45.5 Å². The zero-order chi connectivity index (χ0) is 19.7. The normalized spacial score (nSPS) is 18.3. The summed E-state index contributed by atoms with van der Waals surface area (Å²) >= 11 is 0. The van der Waals surface area contributed by atoms with E-state index in [2.05, 4.69) is 15.6 Å². The molecule has 0 aromatic heterocycles. The number of nitro benzene ring substituents is 1. The molecule has 28 heavy (non-hydrogen) atoms. The van der Waals surface area contributed by atoms with Crippen molar-refractivity contribution in [3.8, 4) is 0 Å². The molecule has 0 bridgehead atoms. The number of benzene rings is 1. The first kappa shape index (κ1) is 24.6. The molecule has 2 rings (SSSR count). The van der Waals surface area contributed by atoms with Crippen LogP contribution in [0.5, 0.6) is 0 Å². The second-order valence-electron chi connectivity index (χ2n) is 6.31. The van der Waals surface area contributed by atoms with Crippen molar-refractivity contribution in [2.24, 2.45) is 4.99 Å². The Labute approximate surface area is 182 Å². The standard InChI is InChI=1S/C17H26N4O5S.HI/c1-2-26-10-3-9-18-17(20-15-8-11-27(24,25)13-15)19-12-14-4-6-16(7-5-14)21(22)23;/h4-7,15H,2-3,8-13H2,1H3,(H2,18,19,20);1H. The van der Waals surface area contributed by atoms with Crippen molar-refractivity contribution < 1.29 is 18.1 Å². The summed E-state index contributed by atoms with van der Waals surface area (Å²) < 4.78 is 28.6. The van der Waals surface area contributed by atoms with Crippen LogP contribution < -0.4 is 10.6 Å². The lowest BCUT2D eigenvalue weighted by molar-refractivity contribution is -0.384. The fraction of sp³-hybridized carbons (Fsp3) is 0.588. The van der Waals surface area contributed by atoms with Gasteiger partial charge >= 0.3 is 0 Å². The Morgan fingerprint density at radius 3 is 2.64 bits per heavy atom. The molecule has 1 aliphatic heterocycles. The van der Waals surface area contributed by atoms with E-state index in [9.17, 15) is 18.5 Å². The number of non-ortho nitro benzene ring substituents is 1. The number of nitro groups is 1. The summed E-state index contributed by atoms with van der Waals surface area (Å²) in [5.74, 6) is 0.821. The predicted octanol–water partition coefficient (Wildman–Crippen LogP) is 1.86. The lowest BCUT2D eigenvalue weighted by Crippen LogP contribution is -2.44. The summed E-state index contributed by atoms with van der Waals surface area (Å²) in [5, 5.41) is 17.1. The first-order valence-corrected chi connectivity index (χ1v) is 10.8. The summed E-state index contributed by atoms with van der Waals surface area (Å²) in [6.07, 6.45) is 1.36. The number of aliphatic imine (C=N–C) groups is 1. The molecular weight excluding hydrogens is 499 g/mol. The quantitative estimate of drug-likeness (QED) is 0.126. The number of sulfone groups is 1. The molecule has 1 aliphatic rings. The molecule has 0 radical (unpaired) electrons. The number of ether oxygens (including phenoxy) is 1. The van der Waals surface area contributed by atoms with Gasteiger partial charge in [0.2, 0.25) is 0 Å². The van der Waals surface area contributed by atoms with Gasteiger partial charge in [-0.1, -0.05) is 12.1 Å². The van der Waals surface area contributed by atoms with E-state index in [1.165, 1.54) is 12.1 Å². The van der Waals surface area contributed by atoms with E-state index in [4.69, 9.17) is 4.74 Å². The Kier molecular flexibility index (Phi) is 10.7. The fourth-order valence-electron chi connectivity index (χ4n) is 2.67. The second kappa shape index (κ2) is 12.2. The summed E-state index contributed by atoms with van der Waals surface area (Å²) in [4.78, 5) is 14.8. The molecule has 1 fully saturated rings. The largest absolute Gasteiger partial charge is 0.382 e. The van der Waals surface area contributed by atoms with Crippen molar-refractivity contribution in [1.82, 2.24) is 10.6 Å². The average molecular weight is 526 g/mol. The molecule has 0 saturated carbocycles. The van der Waals surface area contributed by atoms with Gasteiger partial charge in [-0.25, -0.2) is 13.4 Å².